The lowest BCUT2D eigenvalue weighted by Crippen LogP contribution is -2.34. The molecule has 0 radical (unpaired) electrons. The number of rotatable bonds is 8. The molecule has 0 unspecified atom stereocenters. The Balaban J connectivity index is 1.33. The van der Waals surface area contributed by atoms with E-state index >= 15 is 0 Å². The minimum absolute atomic E-state index is 0.0772. The molecule has 0 aliphatic heterocycles. The summed E-state index contributed by atoms with van der Waals surface area (Å²) in [5.41, 5.74) is 2.83. The lowest BCUT2D eigenvalue weighted by Gasteiger charge is -2.32. The van der Waals surface area contributed by atoms with Crippen LogP contribution in [0.5, 0.6) is 0 Å². The zero-order valence-electron chi connectivity index (χ0n) is 18.8. The number of anilines is 1. The van der Waals surface area contributed by atoms with E-state index in [9.17, 15) is 4.79 Å². The Kier molecular flexibility index (Phi) is 8.24. The number of hydrogen-bond acceptors (Lipinski definition) is 5. The van der Waals surface area contributed by atoms with Gasteiger partial charge < -0.3 is 10.2 Å². The molecule has 7 heteroatoms. The van der Waals surface area contributed by atoms with E-state index in [-0.39, 0.29) is 5.91 Å². The number of thioether (sulfide) groups is 1. The summed E-state index contributed by atoms with van der Waals surface area (Å²) in [6.45, 7) is 0.515. The summed E-state index contributed by atoms with van der Waals surface area (Å²) >= 11 is 7.86. The maximum Gasteiger partial charge on any atom is 0.251 e. The molecule has 0 saturated heterocycles. The monoisotopic (exact) mass is 480 g/mol. The fourth-order valence-corrected chi connectivity index (χ4v) is 5.10. The van der Waals surface area contributed by atoms with E-state index in [0.29, 0.717) is 34.2 Å². The van der Waals surface area contributed by atoms with Crippen molar-refractivity contribution in [3.05, 3.63) is 82.5 Å². The van der Waals surface area contributed by atoms with Gasteiger partial charge in [-0.2, -0.15) is 0 Å². The first-order valence-electron chi connectivity index (χ1n) is 11.4. The van der Waals surface area contributed by atoms with E-state index in [4.69, 9.17) is 16.6 Å². The standard InChI is InChI=1S/C26H29ClN4OS/c1-31(22-10-6-3-7-11-22)24-16-23(27)29-26(30-24)33-18-20-12-14-21(15-13-20)25(32)28-17-19-8-4-2-5-9-19/h2,4-5,8-9,12-16,22H,3,6-7,10-11,17-18H2,1H3,(H,28,32). The maximum absolute atomic E-state index is 12.4. The topological polar surface area (TPSA) is 58.1 Å². The first-order valence-corrected chi connectivity index (χ1v) is 12.8. The Morgan fingerprint density at radius 3 is 2.48 bits per heavy atom. The lowest BCUT2D eigenvalue weighted by molar-refractivity contribution is 0.0951. The van der Waals surface area contributed by atoms with Gasteiger partial charge >= 0.3 is 0 Å². The average molecular weight is 481 g/mol. The minimum Gasteiger partial charge on any atom is -0.357 e. The highest BCUT2D eigenvalue weighted by atomic mass is 35.5. The van der Waals surface area contributed by atoms with E-state index in [1.807, 2.05) is 60.7 Å². The molecule has 1 N–H and O–H groups in total. The summed E-state index contributed by atoms with van der Waals surface area (Å²) in [5, 5.41) is 4.10. The molecule has 172 valence electrons. The number of aromatic nitrogens is 2. The summed E-state index contributed by atoms with van der Waals surface area (Å²) in [5.74, 6) is 1.51. The fraction of sp³-hybridized carbons (Fsp3) is 0.346. The first-order chi connectivity index (χ1) is 16.1. The molecule has 4 rings (SSSR count). The molecule has 1 fully saturated rings. The summed E-state index contributed by atoms with van der Waals surface area (Å²) in [7, 11) is 2.10. The van der Waals surface area contributed by atoms with Crippen LogP contribution in [0.1, 0.15) is 53.6 Å². The van der Waals surface area contributed by atoms with E-state index in [1.165, 1.54) is 32.1 Å². The van der Waals surface area contributed by atoms with Crippen molar-refractivity contribution in [1.29, 1.82) is 0 Å². The van der Waals surface area contributed by atoms with Crippen LogP contribution in [-0.2, 0) is 12.3 Å². The molecule has 3 aromatic rings. The molecule has 1 saturated carbocycles. The van der Waals surface area contributed by atoms with E-state index < -0.39 is 0 Å². The molecule has 1 amide bonds. The van der Waals surface area contributed by atoms with Gasteiger partial charge in [0, 0.05) is 37.0 Å². The Labute approximate surface area is 205 Å². The molecule has 1 aliphatic rings. The lowest BCUT2D eigenvalue weighted by atomic mass is 9.94. The first kappa shape index (κ1) is 23.6. The number of carbonyl (C=O) groups is 1. The highest BCUT2D eigenvalue weighted by molar-refractivity contribution is 7.98. The van der Waals surface area contributed by atoms with Gasteiger partial charge in [-0.15, -0.1) is 0 Å². The zero-order chi connectivity index (χ0) is 23.0. The molecule has 1 aliphatic carbocycles. The van der Waals surface area contributed by atoms with Crippen LogP contribution < -0.4 is 10.2 Å². The Morgan fingerprint density at radius 1 is 1.03 bits per heavy atom. The number of carbonyl (C=O) groups excluding carboxylic acids is 1. The Morgan fingerprint density at radius 2 is 1.76 bits per heavy atom. The third kappa shape index (κ3) is 6.71. The maximum atomic E-state index is 12.4. The predicted octanol–water partition coefficient (Wildman–Crippen LogP) is 6.12. The predicted molar refractivity (Wildman–Crippen MR) is 136 cm³/mol. The van der Waals surface area contributed by atoms with Gasteiger partial charge in [0.25, 0.3) is 5.91 Å². The van der Waals surface area contributed by atoms with Crippen LogP contribution in [0.3, 0.4) is 0 Å². The largest absolute Gasteiger partial charge is 0.357 e. The van der Waals surface area contributed by atoms with E-state index in [0.717, 1.165) is 16.9 Å². The molecule has 1 aromatic heterocycles. The van der Waals surface area contributed by atoms with Crippen molar-refractivity contribution in [3.63, 3.8) is 0 Å². The van der Waals surface area contributed by atoms with Gasteiger partial charge in [0.05, 0.1) is 0 Å². The van der Waals surface area contributed by atoms with E-state index in [1.54, 1.807) is 11.8 Å². The van der Waals surface area contributed by atoms with Gasteiger partial charge in [-0.05, 0) is 36.1 Å². The second-order valence-corrected chi connectivity index (χ2v) is 9.72. The van der Waals surface area contributed by atoms with Crippen molar-refractivity contribution in [2.45, 2.75) is 55.6 Å². The number of benzene rings is 2. The number of amides is 1. The van der Waals surface area contributed by atoms with Gasteiger partial charge in [0.1, 0.15) is 11.0 Å². The molecular formula is C26H29ClN4OS. The third-order valence-electron chi connectivity index (χ3n) is 6.02. The number of nitrogens with zero attached hydrogens (tertiary/aromatic N) is 3. The number of nitrogens with one attached hydrogen (secondary N) is 1. The van der Waals surface area contributed by atoms with Crippen molar-refractivity contribution in [1.82, 2.24) is 15.3 Å². The van der Waals surface area contributed by atoms with Crippen LogP contribution in [0, 0.1) is 0 Å². The van der Waals surface area contributed by atoms with Crippen LogP contribution >= 0.6 is 23.4 Å². The molecule has 0 bridgehead atoms. The van der Waals surface area contributed by atoms with Crippen molar-refractivity contribution in [2.75, 3.05) is 11.9 Å². The van der Waals surface area contributed by atoms with Crippen molar-refractivity contribution >= 4 is 35.1 Å². The average Bonchev–Trinajstić information content (AvgIpc) is 2.86. The third-order valence-corrected chi connectivity index (χ3v) is 7.14. The van der Waals surface area contributed by atoms with Crippen LogP contribution in [0.4, 0.5) is 5.82 Å². The summed E-state index contributed by atoms with van der Waals surface area (Å²) < 4.78 is 0. The van der Waals surface area contributed by atoms with E-state index in [2.05, 4.69) is 22.2 Å². The highest BCUT2D eigenvalue weighted by Crippen LogP contribution is 2.28. The zero-order valence-corrected chi connectivity index (χ0v) is 20.4. The van der Waals surface area contributed by atoms with Gasteiger partial charge in [-0.3, -0.25) is 4.79 Å². The second-order valence-electron chi connectivity index (χ2n) is 8.39. The summed E-state index contributed by atoms with van der Waals surface area (Å²) in [4.78, 5) is 23.8. The fourth-order valence-electron chi connectivity index (χ4n) is 4.07. The summed E-state index contributed by atoms with van der Waals surface area (Å²) in [6.07, 6.45) is 6.27. The van der Waals surface area contributed by atoms with Crippen LogP contribution in [0.25, 0.3) is 0 Å². The van der Waals surface area contributed by atoms with Gasteiger partial charge in [0.15, 0.2) is 5.16 Å². The minimum atomic E-state index is -0.0772. The van der Waals surface area contributed by atoms with Crippen molar-refractivity contribution in [3.8, 4) is 0 Å². The molecule has 2 aromatic carbocycles. The Bertz CT molecular complexity index is 1060. The second kappa shape index (κ2) is 11.5. The Hall–Kier alpha value is -2.57. The normalized spacial score (nSPS) is 14.1. The molecule has 1 heterocycles. The van der Waals surface area contributed by atoms with Crippen LogP contribution in [0.15, 0.2) is 65.8 Å². The van der Waals surface area contributed by atoms with Gasteiger partial charge in [-0.25, -0.2) is 9.97 Å². The molecule has 33 heavy (non-hydrogen) atoms. The van der Waals surface area contributed by atoms with Gasteiger partial charge in [0.2, 0.25) is 0 Å². The number of halogens is 1. The van der Waals surface area contributed by atoms with Crippen molar-refractivity contribution < 1.29 is 4.79 Å². The van der Waals surface area contributed by atoms with Crippen LogP contribution in [0.2, 0.25) is 5.15 Å². The van der Waals surface area contributed by atoms with Crippen LogP contribution in [-0.4, -0.2) is 29.0 Å². The summed E-state index contributed by atoms with van der Waals surface area (Å²) in [6, 6.07) is 19.9. The molecule has 0 spiro atoms. The van der Waals surface area contributed by atoms with Crippen molar-refractivity contribution in [2.24, 2.45) is 0 Å². The SMILES string of the molecule is CN(c1cc(Cl)nc(SCc2ccc(C(=O)NCc3ccccc3)cc2)n1)C1CCCCC1. The highest BCUT2D eigenvalue weighted by Gasteiger charge is 2.20. The molecular weight excluding hydrogens is 452 g/mol. The number of hydrogen-bond donors (Lipinski definition) is 1. The molecule has 0 atom stereocenters. The quantitative estimate of drug-likeness (QED) is 0.239. The van der Waals surface area contributed by atoms with Gasteiger partial charge in [-0.1, -0.05) is 85.1 Å². The molecule has 5 nitrogen and oxygen atoms in total. The smallest absolute Gasteiger partial charge is 0.251 e.